The molecule has 1 aliphatic heterocycles. The number of allylic oxidation sites excluding steroid dienone is 2. The normalized spacial score (nSPS) is 17.0. The third-order valence-electron chi connectivity index (χ3n) is 3.99. The molecule has 0 aliphatic carbocycles. The van der Waals surface area contributed by atoms with Gasteiger partial charge in [-0.1, -0.05) is 60.2 Å². The lowest BCUT2D eigenvalue weighted by Gasteiger charge is -2.26. The molecule has 0 saturated heterocycles. The lowest BCUT2D eigenvalue weighted by Crippen LogP contribution is -2.20. The summed E-state index contributed by atoms with van der Waals surface area (Å²) in [6.45, 7) is 1.99. The van der Waals surface area contributed by atoms with Crippen molar-refractivity contribution < 1.29 is 4.74 Å². The lowest BCUT2D eigenvalue weighted by molar-refractivity contribution is 0.357. The summed E-state index contributed by atoms with van der Waals surface area (Å²) >= 11 is 0. The Labute approximate surface area is 140 Å². The van der Waals surface area contributed by atoms with E-state index in [9.17, 15) is 10.5 Å². The molecule has 0 spiro atoms. The Hall–Kier alpha value is -3.50. The zero-order chi connectivity index (χ0) is 17.1. The van der Waals surface area contributed by atoms with Crippen LogP contribution in [0.15, 0.2) is 71.6 Å². The van der Waals surface area contributed by atoms with Crippen LogP contribution in [0.25, 0.3) is 5.76 Å². The van der Waals surface area contributed by atoms with Crippen molar-refractivity contribution in [2.24, 2.45) is 5.73 Å². The van der Waals surface area contributed by atoms with Gasteiger partial charge in [-0.3, -0.25) is 0 Å². The first-order chi connectivity index (χ1) is 11.7. The molecule has 116 valence electrons. The standard InChI is InChI=1S/C20H15N3O/c1-13-7-9-15(10-8-13)19-16(11-21)18(14-5-3-2-4-6-14)17(12-22)20(23)24-19/h2-10,18H,23H2,1H3/t18-/m1/s1. The second-order valence-corrected chi connectivity index (χ2v) is 5.56. The number of rotatable bonds is 2. The number of aryl methyl sites for hydroxylation is 1. The first-order valence-electron chi connectivity index (χ1n) is 7.49. The van der Waals surface area contributed by atoms with Crippen molar-refractivity contribution in [1.82, 2.24) is 0 Å². The van der Waals surface area contributed by atoms with Crippen LogP contribution < -0.4 is 5.73 Å². The summed E-state index contributed by atoms with van der Waals surface area (Å²) in [5, 5.41) is 19.2. The van der Waals surface area contributed by atoms with Crippen LogP contribution in [0.4, 0.5) is 0 Å². The molecule has 2 aromatic carbocycles. The Morgan fingerprint density at radius 1 is 0.917 bits per heavy atom. The van der Waals surface area contributed by atoms with Crippen LogP contribution in [0.5, 0.6) is 0 Å². The second-order valence-electron chi connectivity index (χ2n) is 5.56. The highest BCUT2D eigenvalue weighted by Crippen LogP contribution is 2.41. The number of nitriles is 2. The Morgan fingerprint density at radius 3 is 2.12 bits per heavy atom. The number of nitrogens with two attached hydrogens (primary N) is 1. The lowest BCUT2D eigenvalue weighted by atomic mass is 9.82. The number of benzene rings is 2. The van der Waals surface area contributed by atoms with Gasteiger partial charge in [-0.05, 0) is 12.5 Å². The van der Waals surface area contributed by atoms with Gasteiger partial charge < -0.3 is 10.5 Å². The molecule has 24 heavy (non-hydrogen) atoms. The number of hydrogen-bond donors (Lipinski definition) is 1. The third-order valence-corrected chi connectivity index (χ3v) is 3.99. The fraction of sp³-hybridized carbons (Fsp3) is 0.100. The van der Waals surface area contributed by atoms with E-state index in [1.807, 2.05) is 61.5 Å². The highest BCUT2D eigenvalue weighted by atomic mass is 16.5. The zero-order valence-electron chi connectivity index (χ0n) is 13.2. The molecule has 1 heterocycles. The average Bonchev–Trinajstić information content (AvgIpc) is 2.62. The molecule has 0 radical (unpaired) electrons. The van der Waals surface area contributed by atoms with Crippen molar-refractivity contribution in [3.63, 3.8) is 0 Å². The van der Waals surface area contributed by atoms with Crippen LogP contribution in [-0.2, 0) is 4.74 Å². The Bertz CT molecular complexity index is 910. The smallest absolute Gasteiger partial charge is 0.205 e. The maximum absolute atomic E-state index is 9.75. The van der Waals surface area contributed by atoms with E-state index in [2.05, 4.69) is 12.1 Å². The van der Waals surface area contributed by atoms with Crippen molar-refractivity contribution >= 4 is 5.76 Å². The van der Waals surface area contributed by atoms with Crippen LogP contribution in [-0.4, -0.2) is 0 Å². The van der Waals surface area contributed by atoms with Gasteiger partial charge in [-0.2, -0.15) is 10.5 Å². The highest BCUT2D eigenvalue weighted by Gasteiger charge is 2.33. The minimum atomic E-state index is -0.522. The van der Waals surface area contributed by atoms with Crippen LogP contribution in [0.3, 0.4) is 0 Å². The minimum Gasteiger partial charge on any atom is -0.439 e. The fourth-order valence-corrected chi connectivity index (χ4v) is 2.77. The minimum absolute atomic E-state index is 0.0425. The molecule has 1 atom stereocenters. The fourth-order valence-electron chi connectivity index (χ4n) is 2.77. The Morgan fingerprint density at radius 2 is 1.54 bits per heavy atom. The van der Waals surface area contributed by atoms with Crippen molar-refractivity contribution in [3.05, 3.63) is 88.3 Å². The molecule has 0 saturated carbocycles. The van der Waals surface area contributed by atoms with Gasteiger partial charge in [-0.15, -0.1) is 0 Å². The second kappa shape index (κ2) is 6.32. The zero-order valence-corrected chi connectivity index (χ0v) is 13.2. The van der Waals surface area contributed by atoms with Crippen LogP contribution in [0.1, 0.15) is 22.6 Å². The quantitative estimate of drug-likeness (QED) is 0.915. The van der Waals surface area contributed by atoms with Gasteiger partial charge in [0.15, 0.2) is 5.76 Å². The summed E-state index contributed by atoms with van der Waals surface area (Å²) in [4.78, 5) is 0. The summed E-state index contributed by atoms with van der Waals surface area (Å²) in [6, 6.07) is 21.3. The molecule has 4 heteroatoms. The predicted molar refractivity (Wildman–Crippen MR) is 90.8 cm³/mol. The van der Waals surface area contributed by atoms with Gasteiger partial charge in [0, 0.05) is 5.56 Å². The monoisotopic (exact) mass is 313 g/mol. The van der Waals surface area contributed by atoms with E-state index in [0.717, 1.165) is 16.7 Å². The topological polar surface area (TPSA) is 82.8 Å². The molecular weight excluding hydrogens is 298 g/mol. The largest absolute Gasteiger partial charge is 0.439 e. The molecule has 4 nitrogen and oxygen atoms in total. The predicted octanol–water partition coefficient (Wildman–Crippen LogP) is 3.74. The first-order valence-corrected chi connectivity index (χ1v) is 7.49. The molecule has 0 fully saturated rings. The van der Waals surface area contributed by atoms with E-state index >= 15 is 0 Å². The van der Waals surface area contributed by atoms with Gasteiger partial charge in [-0.25, -0.2) is 0 Å². The van der Waals surface area contributed by atoms with Crippen molar-refractivity contribution in [2.45, 2.75) is 12.8 Å². The van der Waals surface area contributed by atoms with E-state index in [4.69, 9.17) is 10.5 Å². The Kier molecular flexibility index (Phi) is 4.05. The maximum atomic E-state index is 9.75. The molecule has 0 bridgehead atoms. The molecule has 0 aromatic heterocycles. The number of nitrogens with zero attached hydrogens (tertiary/aromatic N) is 2. The van der Waals surface area contributed by atoms with E-state index in [-0.39, 0.29) is 11.5 Å². The number of ether oxygens (including phenoxy) is 1. The molecule has 2 N–H and O–H groups in total. The maximum Gasteiger partial charge on any atom is 0.205 e. The molecule has 1 aliphatic rings. The Balaban J connectivity index is 2.22. The average molecular weight is 313 g/mol. The number of hydrogen-bond acceptors (Lipinski definition) is 4. The van der Waals surface area contributed by atoms with Crippen LogP contribution in [0, 0.1) is 29.6 Å². The molecule has 2 aromatic rings. The van der Waals surface area contributed by atoms with Crippen LogP contribution >= 0.6 is 0 Å². The molecule has 0 unspecified atom stereocenters. The van der Waals surface area contributed by atoms with E-state index in [0.29, 0.717) is 11.3 Å². The summed E-state index contributed by atoms with van der Waals surface area (Å²) in [6.07, 6.45) is 0. The summed E-state index contributed by atoms with van der Waals surface area (Å²) < 4.78 is 5.66. The summed E-state index contributed by atoms with van der Waals surface area (Å²) in [7, 11) is 0. The van der Waals surface area contributed by atoms with Crippen molar-refractivity contribution in [3.8, 4) is 12.1 Å². The van der Waals surface area contributed by atoms with Crippen molar-refractivity contribution in [2.75, 3.05) is 0 Å². The van der Waals surface area contributed by atoms with Gasteiger partial charge in [0.1, 0.15) is 11.6 Å². The molecule has 3 rings (SSSR count). The van der Waals surface area contributed by atoms with Gasteiger partial charge >= 0.3 is 0 Å². The van der Waals surface area contributed by atoms with E-state index < -0.39 is 5.92 Å². The molecular formula is C20H15N3O. The molecule has 0 amide bonds. The van der Waals surface area contributed by atoms with Crippen molar-refractivity contribution in [1.29, 1.82) is 10.5 Å². The highest BCUT2D eigenvalue weighted by molar-refractivity contribution is 5.73. The first kappa shape index (κ1) is 15.4. The summed E-state index contributed by atoms with van der Waals surface area (Å²) in [5.74, 6) is -0.0740. The van der Waals surface area contributed by atoms with Gasteiger partial charge in [0.25, 0.3) is 0 Å². The third kappa shape index (κ3) is 2.62. The van der Waals surface area contributed by atoms with Gasteiger partial charge in [0.05, 0.1) is 17.6 Å². The van der Waals surface area contributed by atoms with Gasteiger partial charge in [0.2, 0.25) is 5.88 Å². The van der Waals surface area contributed by atoms with E-state index in [1.54, 1.807) is 0 Å². The van der Waals surface area contributed by atoms with Crippen LogP contribution in [0.2, 0.25) is 0 Å². The SMILES string of the molecule is Cc1ccc(C2=C(C#N)[C@@H](c3ccccc3)C(C#N)=C(N)O2)cc1. The summed E-state index contributed by atoms with van der Waals surface area (Å²) in [5.41, 5.74) is 9.33. The van der Waals surface area contributed by atoms with E-state index in [1.165, 1.54) is 0 Å².